The van der Waals surface area contributed by atoms with Crippen LogP contribution in [0.3, 0.4) is 0 Å². The normalized spacial score (nSPS) is 10.5. The van der Waals surface area contributed by atoms with Gasteiger partial charge in [-0.3, -0.25) is 4.79 Å². The highest BCUT2D eigenvalue weighted by atomic mass is 79.9. The molecule has 1 aromatic heterocycles. The Kier molecular flexibility index (Phi) is 3.63. The van der Waals surface area contributed by atoms with E-state index in [2.05, 4.69) is 26.1 Å². The van der Waals surface area contributed by atoms with Gasteiger partial charge in [0.2, 0.25) is 0 Å². The molecular weight excluding hydrogens is 302 g/mol. The lowest BCUT2D eigenvalue weighted by Gasteiger charge is -2.04. The second kappa shape index (κ2) is 5.01. The number of ketones is 1. The van der Waals surface area contributed by atoms with Gasteiger partial charge in [0.15, 0.2) is 10.9 Å². The lowest BCUT2D eigenvalue weighted by atomic mass is 10.2. The molecule has 0 spiro atoms. The van der Waals surface area contributed by atoms with Gasteiger partial charge in [-0.2, -0.15) is 0 Å². The Bertz CT molecular complexity index is 568. The maximum absolute atomic E-state index is 11.2. The molecule has 0 saturated heterocycles. The second-order valence-electron chi connectivity index (χ2n) is 3.53. The fourth-order valence-corrected chi connectivity index (χ4v) is 2.66. The number of rotatable bonds is 3. The first-order chi connectivity index (χ1) is 8.08. The Balaban J connectivity index is 2.29. The number of carbonyl (C=O) groups excluding carboxylic acids is 1. The number of aromatic nitrogens is 3. The number of hydrogen-bond acceptors (Lipinski definition) is 4. The van der Waals surface area contributed by atoms with Crippen molar-refractivity contribution in [2.75, 3.05) is 0 Å². The molecule has 1 heterocycles. The number of benzene rings is 1. The van der Waals surface area contributed by atoms with E-state index < -0.39 is 0 Å². The number of nitrogens with zero attached hydrogens (tertiary/aromatic N) is 3. The third-order valence-electron chi connectivity index (χ3n) is 2.21. The van der Waals surface area contributed by atoms with Gasteiger partial charge in [-0.25, -0.2) is 0 Å². The Labute approximate surface area is 112 Å². The third-order valence-corrected chi connectivity index (χ3v) is 4.26. The van der Waals surface area contributed by atoms with E-state index in [9.17, 15) is 4.79 Å². The van der Waals surface area contributed by atoms with Gasteiger partial charge in [-0.05, 0) is 46.7 Å². The fraction of sp³-hybridized carbons (Fsp3) is 0.182. The minimum absolute atomic E-state index is 0.0564. The monoisotopic (exact) mass is 311 g/mol. The lowest BCUT2D eigenvalue weighted by molar-refractivity contribution is 0.101. The molecule has 1 aromatic carbocycles. The molecule has 0 unspecified atom stereocenters. The number of Topliss-reactive ketones (excluding diaryl/α,β-unsaturated/α-hetero) is 1. The van der Waals surface area contributed by atoms with E-state index in [1.54, 1.807) is 13.3 Å². The Morgan fingerprint density at radius 2 is 2.24 bits per heavy atom. The van der Waals surface area contributed by atoms with Gasteiger partial charge in [0, 0.05) is 22.0 Å². The van der Waals surface area contributed by atoms with E-state index in [1.807, 2.05) is 29.8 Å². The molecule has 2 rings (SSSR count). The molecule has 0 atom stereocenters. The molecule has 0 aliphatic rings. The van der Waals surface area contributed by atoms with Crippen molar-refractivity contribution in [2.24, 2.45) is 7.05 Å². The first-order valence-electron chi connectivity index (χ1n) is 4.90. The zero-order chi connectivity index (χ0) is 12.4. The van der Waals surface area contributed by atoms with Crippen LogP contribution in [0.25, 0.3) is 0 Å². The maximum atomic E-state index is 11.2. The van der Waals surface area contributed by atoms with E-state index in [0.29, 0.717) is 5.56 Å². The van der Waals surface area contributed by atoms with Crippen LogP contribution in [0.1, 0.15) is 17.3 Å². The summed E-state index contributed by atoms with van der Waals surface area (Å²) in [6, 6.07) is 5.53. The van der Waals surface area contributed by atoms with E-state index in [4.69, 9.17) is 0 Å². The molecule has 4 nitrogen and oxygen atoms in total. The van der Waals surface area contributed by atoms with Gasteiger partial charge in [0.05, 0.1) is 0 Å². The third kappa shape index (κ3) is 2.76. The van der Waals surface area contributed by atoms with Crippen molar-refractivity contribution in [3.05, 3.63) is 34.6 Å². The molecule has 0 bridgehead atoms. The van der Waals surface area contributed by atoms with Crippen molar-refractivity contribution in [2.45, 2.75) is 17.0 Å². The van der Waals surface area contributed by atoms with Gasteiger partial charge < -0.3 is 4.57 Å². The Morgan fingerprint density at radius 1 is 1.47 bits per heavy atom. The largest absolute Gasteiger partial charge is 0.311 e. The average molecular weight is 312 g/mol. The maximum Gasteiger partial charge on any atom is 0.195 e. The molecular formula is C11H10BrN3OS. The van der Waals surface area contributed by atoms with Crippen molar-refractivity contribution in [1.29, 1.82) is 0 Å². The zero-order valence-corrected chi connectivity index (χ0v) is 11.7. The van der Waals surface area contributed by atoms with Crippen molar-refractivity contribution >= 4 is 33.5 Å². The number of aryl methyl sites for hydroxylation is 1. The predicted octanol–water partition coefficient (Wildman–Crippen LogP) is 2.93. The van der Waals surface area contributed by atoms with E-state index in [1.165, 1.54) is 11.8 Å². The summed E-state index contributed by atoms with van der Waals surface area (Å²) in [7, 11) is 1.89. The lowest BCUT2D eigenvalue weighted by Crippen LogP contribution is -1.93. The highest BCUT2D eigenvalue weighted by Gasteiger charge is 2.09. The van der Waals surface area contributed by atoms with Crippen LogP contribution in [-0.4, -0.2) is 20.5 Å². The van der Waals surface area contributed by atoms with E-state index in [0.717, 1.165) is 14.5 Å². The number of hydrogen-bond donors (Lipinski definition) is 0. The highest BCUT2D eigenvalue weighted by Crippen LogP contribution is 2.32. The van der Waals surface area contributed by atoms with Crippen molar-refractivity contribution in [3.8, 4) is 0 Å². The van der Waals surface area contributed by atoms with Crippen LogP contribution < -0.4 is 0 Å². The average Bonchev–Trinajstić information content (AvgIpc) is 2.67. The van der Waals surface area contributed by atoms with Crippen LogP contribution in [0, 0.1) is 0 Å². The molecule has 17 heavy (non-hydrogen) atoms. The summed E-state index contributed by atoms with van der Waals surface area (Å²) < 4.78 is 2.73. The first-order valence-corrected chi connectivity index (χ1v) is 6.51. The van der Waals surface area contributed by atoms with Gasteiger partial charge in [0.25, 0.3) is 0 Å². The molecule has 88 valence electrons. The molecule has 0 saturated carbocycles. The molecule has 2 aromatic rings. The molecule has 0 N–H and O–H groups in total. The Hall–Kier alpha value is -1.14. The minimum atomic E-state index is 0.0564. The van der Waals surface area contributed by atoms with Crippen LogP contribution in [0.4, 0.5) is 0 Å². The SMILES string of the molecule is CC(=O)c1ccc(Sc2nncn2C)c(Br)c1. The van der Waals surface area contributed by atoms with Crippen LogP contribution in [0.5, 0.6) is 0 Å². The summed E-state index contributed by atoms with van der Waals surface area (Å²) in [6.45, 7) is 1.55. The van der Waals surface area contributed by atoms with Crippen LogP contribution >= 0.6 is 27.7 Å². The molecule has 0 radical (unpaired) electrons. The van der Waals surface area contributed by atoms with Gasteiger partial charge in [0.1, 0.15) is 6.33 Å². The van der Waals surface area contributed by atoms with Crippen LogP contribution in [0.2, 0.25) is 0 Å². The second-order valence-corrected chi connectivity index (χ2v) is 5.39. The standard InChI is InChI=1S/C11H10BrN3OS/c1-7(16)8-3-4-10(9(12)5-8)17-11-14-13-6-15(11)2/h3-6H,1-2H3. The quantitative estimate of drug-likeness (QED) is 0.818. The van der Waals surface area contributed by atoms with Gasteiger partial charge in [-0.1, -0.05) is 6.07 Å². The molecule has 0 aliphatic carbocycles. The van der Waals surface area contributed by atoms with Crippen LogP contribution in [0.15, 0.2) is 39.1 Å². The summed E-state index contributed by atoms with van der Waals surface area (Å²) in [5.74, 6) is 0.0564. The van der Waals surface area contributed by atoms with Crippen molar-refractivity contribution in [3.63, 3.8) is 0 Å². The van der Waals surface area contributed by atoms with Gasteiger partial charge in [-0.15, -0.1) is 10.2 Å². The van der Waals surface area contributed by atoms with Crippen molar-refractivity contribution < 1.29 is 4.79 Å². The summed E-state index contributed by atoms with van der Waals surface area (Å²) >= 11 is 4.95. The highest BCUT2D eigenvalue weighted by molar-refractivity contribution is 9.10. The molecule has 6 heteroatoms. The summed E-state index contributed by atoms with van der Waals surface area (Å²) in [5.41, 5.74) is 0.694. The smallest absolute Gasteiger partial charge is 0.195 e. The fourth-order valence-electron chi connectivity index (χ4n) is 1.27. The van der Waals surface area contributed by atoms with Crippen LogP contribution in [-0.2, 0) is 7.05 Å². The summed E-state index contributed by atoms with van der Waals surface area (Å²) in [5, 5.41) is 8.62. The first kappa shape index (κ1) is 12.3. The molecule has 0 amide bonds. The topological polar surface area (TPSA) is 47.8 Å². The molecule has 0 aliphatic heterocycles. The number of carbonyl (C=O) groups is 1. The van der Waals surface area contributed by atoms with Gasteiger partial charge >= 0.3 is 0 Å². The van der Waals surface area contributed by atoms with E-state index >= 15 is 0 Å². The number of halogens is 1. The minimum Gasteiger partial charge on any atom is -0.311 e. The zero-order valence-electron chi connectivity index (χ0n) is 9.35. The van der Waals surface area contributed by atoms with Crippen molar-refractivity contribution in [1.82, 2.24) is 14.8 Å². The predicted molar refractivity (Wildman–Crippen MR) is 69.3 cm³/mol. The van der Waals surface area contributed by atoms with E-state index in [-0.39, 0.29) is 5.78 Å². The summed E-state index contributed by atoms with van der Waals surface area (Å²) in [4.78, 5) is 12.2. The molecule has 0 fully saturated rings. The Morgan fingerprint density at radius 3 is 2.76 bits per heavy atom. The summed E-state index contributed by atoms with van der Waals surface area (Å²) in [6.07, 6.45) is 1.65.